The summed E-state index contributed by atoms with van der Waals surface area (Å²) >= 11 is 1.76. The number of ether oxygens (including phenoxy) is 1. The highest BCUT2D eigenvalue weighted by Crippen LogP contribution is 2.42. The predicted octanol–water partition coefficient (Wildman–Crippen LogP) is 1.73. The number of rotatable bonds is 6. The first-order valence-corrected chi connectivity index (χ1v) is 9.65. The third-order valence-corrected chi connectivity index (χ3v) is 6.13. The van der Waals surface area contributed by atoms with E-state index in [1.165, 1.54) is 31.5 Å². The van der Waals surface area contributed by atoms with Crippen molar-refractivity contribution in [2.24, 2.45) is 0 Å². The van der Waals surface area contributed by atoms with Crippen LogP contribution in [0.3, 0.4) is 0 Å². The molecule has 0 spiro atoms. The van der Waals surface area contributed by atoms with Crippen molar-refractivity contribution in [3.8, 4) is 5.75 Å². The molecular weight excluding hydrogens is 308 g/mol. The number of carbonyl (C=O) groups is 1. The van der Waals surface area contributed by atoms with Gasteiger partial charge in [0.25, 0.3) is 0 Å². The van der Waals surface area contributed by atoms with Crippen LogP contribution in [0.15, 0.2) is 24.3 Å². The van der Waals surface area contributed by atoms with Crippen LogP contribution < -0.4 is 9.64 Å². The van der Waals surface area contributed by atoms with Crippen LogP contribution in [0.4, 0.5) is 0 Å². The van der Waals surface area contributed by atoms with E-state index < -0.39 is 0 Å². The Kier molecular flexibility index (Phi) is 5.49. The van der Waals surface area contributed by atoms with Crippen LogP contribution in [0.1, 0.15) is 37.6 Å². The molecule has 2 saturated heterocycles. The minimum atomic E-state index is 0.0557. The molecule has 0 saturated carbocycles. The molecule has 4 nitrogen and oxygen atoms in total. The van der Waals surface area contributed by atoms with Crippen LogP contribution in [0.25, 0.3) is 0 Å². The number of benzene rings is 1. The molecule has 2 fully saturated rings. The number of nitrogens with zero attached hydrogens (tertiary/aromatic N) is 1. The summed E-state index contributed by atoms with van der Waals surface area (Å²) in [6.07, 6.45) is 2.66. The van der Waals surface area contributed by atoms with Crippen LogP contribution >= 0.6 is 11.8 Å². The normalized spacial score (nSPS) is 25.3. The van der Waals surface area contributed by atoms with Gasteiger partial charge in [0.1, 0.15) is 11.1 Å². The molecule has 1 N–H and O–H groups in total. The van der Waals surface area contributed by atoms with E-state index in [1.807, 2.05) is 26.0 Å². The number of carbonyl (C=O) groups excluding carboxylic acids is 1. The van der Waals surface area contributed by atoms with Gasteiger partial charge in [-0.15, -0.1) is 11.8 Å². The van der Waals surface area contributed by atoms with E-state index in [-0.39, 0.29) is 16.5 Å². The molecule has 1 aromatic carbocycles. The topological polar surface area (TPSA) is 34.0 Å². The van der Waals surface area contributed by atoms with Gasteiger partial charge in [0.15, 0.2) is 0 Å². The van der Waals surface area contributed by atoms with Gasteiger partial charge in [-0.1, -0.05) is 12.1 Å². The molecule has 2 atom stereocenters. The number of nitrogens with one attached hydrogen (secondary N) is 1. The molecular formula is C18H27N2O2S+. The van der Waals surface area contributed by atoms with E-state index in [9.17, 15) is 4.79 Å². The molecule has 0 unspecified atom stereocenters. The van der Waals surface area contributed by atoms with E-state index >= 15 is 0 Å². The Morgan fingerprint density at radius 1 is 1.26 bits per heavy atom. The first-order valence-electron chi connectivity index (χ1n) is 8.71. The molecule has 5 heteroatoms. The zero-order chi connectivity index (χ0) is 16.2. The Bertz CT molecular complexity index is 528. The van der Waals surface area contributed by atoms with Gasteiger partial charge in [-0.25, -0.2) is 0 Å². The minimum Gasteiger partial charge on any atom is -0.494 e. The van der Waals surface area contributed by atoms with Gasteiger partial charge in [0.05, 0.1) is 38.0 Å². The lowest BCUT2D eigenvalue weighted by molar-refractivity contribution is -0.886. The van der Waals surface area contributed by atoms with Gasteiger partial charge in [-0.2, -0.15) is 0 Å². The van der Waals surface area contributed by atoms with Crippen LogP contribution in [0.5, 0.6) is 5.75 Å². The van der Waals surface area contributed by atoms with E-state index in [1.54, 1.807) is 16.7 Å². The van der Waals surface area contributed by atoms with Crippen molar-refractivity contribution in [1.82, 2.24) is 4.90 Å². The first-order chi connectivity index (χ1) is 11.2. The van der Waals surface area contributed by atoms with Gasteiger partial charge in [0, 0.05) is 12.8 Å². The van der Waals surface area contributed by atoms with Gasteiger partial charge in [0.2, 0.25) is 5.91 Å². The third kappa shape index (κ3) is 3.83. The fourth-order valence-corrected chi connectivity index (χ4v) is 4.77. The van der Waals surface area contributed by atoms with Crippen LogP contribution in [0, 0.1) is 0 Å². The summed E-state index contributed by atoms with van der Waals surface area (Å²) in [6.45, 7) is 9.16. The van der Waals surface area contributed by atoms with Crippen molar-refractivity contribution in [3.05, 3.63) is 29.8 Å². The minimum absolute atomic E-state index is 0.0557. The van der Waals surface area contributed by atoms with Crippen molar-refractivity contribution in [2.45, 2.75) is 37.3 Å². The Balaban J connectivity index is 1.68. The van der Waals surface area contributed by atoms with E-state index in [4.69, 9.17) is 4.74 Å². The second-order valence-corrected chi connectivity index (χ2v) is 7.80. The second-order valence-electron chi connectivity index (χ2n) is 6.37. The number of likely N-dealkylation sites (tertiary alicyclic amines) is 1. The highest BCUT2D eigenvalue weighted by atomic mass is 32.2. The number of amides is 1. The highest BCUT2D eigenvalue weighted by molar-refractivity contribution is 8.01. The quantitative estimate of drug-likeness (QED) is 0.860. The molecule has 23 heavy (non-hydrogen) atoms. The molecule has 0 aromatic heterocycles. The summed E-state index contributed by atoms with van der Waals surface area (Å²) < 4.78 is 5.52. The average Bonchev–Trinajstić information content (AvgIpc) is 3.16. The molecule has 0 radical (unpaired) electrons. The van der Waals surface area contributed by atoms with Gasteiger partial charge >= 0.3 is 0 Å². The number of quaternary nitrogens is 1. The maximum atomic E-state index is 12.5. The number of hydrogen-bond donors (Lipinski definition) is 1. The Morgan fingerprint density at radius 3 is 2.61 bits per heavy atom. The van der Waals surface area contributed by atoms with Crippen LogP contribution in [-0.2, 0) is 4.79 Å². The fourth-order valence-electron chi connectivity index (χ4n) is 3.46. The first kappa shape index (κ1) is 16.7. The molecule has 3 rings (SSSR count). The fraction of sp³-hybridized carbons (Fsp3) is 0.611. The standard InChI is InChI=1S/C18H26N2O2S/c1-3-22-16-8-6-15(7-9-16)18-20(17(21)14(2)23-18)13-12-19-10-4-5-11-19/h6-9,14,18H,3-5,10-13H2,1-2H3/p+1/t14-,18-/m1/s1. The average molecular weight is 335 g/mol. The summed E-state index contributed by atoms with van der Waals surface area (Å²) in [5.41, 5.74) is 1.20. The molecule has 0 bridgehead atoms. The Labute approximate surface area is 143 Å². The lowest BCUT2D eigenvalue weighted by Gasteiger charge is -2.25. The maximum absolute atomic E-state index is 12.5. The molecule has 126 valence electrons. The van der Waals surface area contributed by atoms with Crippen molar-refractivity contribution >= 4 is 17.7 Å². The molecule has 1 aromatic rings. The van der Waals surface area contributed by atoms with E-state index in [0.717, 1.165) is 18.8 Å². The van der Waals surface area contributed by atoms with Gasteiger partial charge in [-0.3, -0.25) is 4.79 Å². The van der Waals surface area contributed by atoms with Crippen LogP contribution in [0.2, 0.25) is 0 Å². The lowest BCUT2D eigenvalue weighted by Crippen LogP contribution is -3.10. The summed E-state index contributed by atoms with van der Waals surface area (Å²) in [5, 5.41) is 0.204. The number of hydrogen-bond acceptors (Lipinski definition) is 3. The monoisotopic (exact) mass is 335 g/mol. The van der Waals surface area contributed by atoms with Gasteiger partial charge in [-0.05, 0) is 31.5 Å². The summed E-state index contributed by atoms with van der Waals surface area (Å²) in [4.78, 5) is 16.3. The molecule has 0 aliphatic carbocycles. The molecule has 2 aliphatic rings. The SMILES string of the molecule is CCOc1ccc([C@H]2S[C@H](C)C(=O)N2CC[NH+]2CCCC2)cc1. The smallest absolute Gasteiger partial charge is 0.236 e. The van der Waals surface area contributed by atoms with Crippen molar-refractivity contribution in [2.75, 3.05) is 32.8 Å². The molecule has 2 aliphatic heterocycles. The Hall–Kier alpha value is -1.20. The van der Waals surface area contributed by atoms with Crippen molar-refractivity contribution in [3.63, 3.8) is 0 Å². The zero-order valence-electron chi connectivity index (χ0n) is 14.1. The summed E-state index contributed by atoms with van der Waals surface area (Å²) in [6, 6.07) is 8.22. The summed E-state index contributed by atoms with van der Waals surface area (Å²) in [7, 11) is 0. The van der Waals surface area contributed by atoms with Crippen molar-refractivity contribution in [1.29, 1.82) is 0 Å². The van der Waals surface area contributed by atoms with E-state index in [2.05, 4.69) is 17.0 Å². The zero-order valence-corrected chi connectivity index (χ0v) is 14.9. The van der Waals surface area contributed by atoms with Crippen LogP contribution in [-0.4, -0.2) is 48.8 Å². The Morgan fingerprint density at radius 2 is 1.96 bits per heavy atom. The highest BCUT2D eigenvalue weighted by Gasteiger charge is 2.38. The maximum Gasteiger partial charge on any atom is 0.236 e. The lowest BCUT2D eigenvalue weighted by atomic mass is 10.2. The second kappa shape index (κ2) is 7.58. The largest absolute Gasteiger partial charge is 0.494 e. The molecule has 1 amide bonds. The van der Waals surface area contributed by atoms with E-state index in [0.29, 0.717) is 6.61 Å². The third-order valence-electron chi connectivity index (χ3n) is 4.74. The molecule has 2 heterocycles. The van der Waals surface area contributed by atoms with Crippen molar-refractivity contribution < 1.29 is 14.4 Å². The number of thioether (sulfide) groups is 1. The van der Waals surface area contributed by atoms with Gasteiger partial charge < -0.3 is 14.5 Å². The summed E-state index contributed by atoms with van der Waals surface area (Å²) in [5.74, 6) is 1.18. The predicted molar refractivity (Wildman–Crippen MR) is 93.9 cm³/mol.